The highest BCUT2D eigenvalue weighted by molar-refractivity contribution is 7.98. The molecule has 6 atom stereocenters. The van der Waals surface area contributed by atoms with E-state index in [1.807, 2.05) is 0 Å². The first-order chi connectivity index (χ1) is 15.8. The summed E-state index contributed by atoms with van der Waals surface area (Å²) in [4.78, 5) is 53.1. The van der Waals surface area contributed by atoms with Crippen LogP contribution >= 0.6 is 11.8 Å². The number of hydrogen-bond donors (Lipinski definition) is 9. The highest BCUT2D eigenvalue weighted by Crippen LogP contribution is 2.06. The zero-order valence-electron chi connectivity index (χ0n) is 19.6. The standard InChI is InChI=1S/C19H37N7O7S/c1-9(27)13(20)16(30)26-14(10(2)28)17(31)24-11(5-4-7-23-19(21)22)15(29)25-12(18(32)33)6-8-34-3/h9-14,27-28H,4-8,20H2,1-3H3,(H,24,31)(H,25,29)(H,26,30)(H,32,33)(H4,21,22,23). The number of rotatable bonds is 16. The fourth-order valence-electron chi connectivity index (χ4n) is 2.67. The second kappa shape index (κ2) is 16.1. The summed E-state index contributed by atoms with van der Waals surface area (Å²) in [6.45, 7) is 2.68. The van der Waals surface area contributed by atoms with Crippen molar-refractivity contribution in [2.45, 2.75) is 69.5 Å². The first-order valence-electron chi connectivity index (χ1n) is 10.6. The largest absolute Gasteiger partial charge is 0.480 e. The molecule has 0 radical (unpaired) electrons. The van der Waals surface area contributed by atoms with Gasteiger partial charge in [-0.2, -0.15) is 11.8 Å². The fourth-order valence-corrected chi connectivity index (χ4v) is 3.14. The summed E-state index contributed by atoms with van der Waals surface area (Å²) in [6.07, 6.45) is -0.319. The lowest BCUT2D eigenvalue weighted by Gasteiger charge is -2.26. The van der Waals surface area contributed by atoms with Crippen LogP contribution in [0, 0.1) is 0 Å². The van der Waals surface area contributed by atoms with E-state index in [2.05, 4.69) is 20.9 Å². The first-order valence-corrected chi connectivity index (χ1v) is 12.0. The van der Waals surface area contributed by atoms with Gasteiger partial charge in [-0.25, -0.2) is 4.79 Å². The summed E-state index contributed by atoms with van der Waals surface area (Å²) >= 11 is 1.41. The molecule has 196 valence electrons. The van der Waals surface area contributed by atoms with Gasteiger partial charge >= 0.3 is 5.97 Å². The molecule has 0 aliphatic rings. The number of carbonyl (C=O) groups is 4. The molecular weight excluding hydrogens is 470 g/mol. The third-order valence-electron chi connectivity index (χ3n) is 4.69. The van der Waals surface area contributed by atoms with Gasteiger partial charge in [0.25, 0.3) is 0 Å². The van der Waals surface area contributed by atoms with Gasteiger partial charge in [0.1, 0.15) is 24.2 Å². The van der Waals surface area contributed by atoms with E-state index in [4.69, 9.17) is 17.2 Å². The Morgan fingerprint density at radius 3 is 1.97 bits per heavy atom. The maximum Gasteiger partial charge on any atom is 0.326 e. The van der Waals surface area contributed by atoms with Crippen LogP contribution in [-0.2, 0) is 19.2 Å². The van der Waals surface area contributed by atoms with Crippen molar-refractivity contribution in [3.8, 4) is 0 Å². The number of amides is 3. The highest BCUT2D eigenvalue weighted by Gasteiger charge is 2.32. The molecule has 6 unspecified atom stereocenters. The monoisotopic (exact) mass is 507 g/mol. The predicted molar refractivity (Wildman–Crippen MR) is 128 cm³/mol. The number of aliphatic carboxylic acids is 1. The molecule has 0 aliphatic carbocycles. The number of carboxylic acids is 1. The molecule has 12 N–H and O–H groups in total. The molecule has 0 fully saturated rings. The summed E-state index contributed by atoms with van der Waals surface area (Å²) in [7, 11) is 0. The number of thioether (sulfide) groups is 1. The maximum absolute atomic E-state index is 12.8. The van der Waals surface area contributed by atoms with Crippen LogP contribution < -0.4 is 33.2 Å². The summed E-state index contributed by atoms with van der Waals surface area (Å²) in [6, 6.07) is -5.22. The van der Waals surface area contributed by atoms with E-state index in [0.29, 0.717) is 5.75 Å². The van der Waals surface area contributed by atoms with E-state index >= 15 is 0 Å². The quantitative estimate of drug-likeness (QED) is 0.0560. The minimum atomic E-state index is -1.49. The number of carbonyl (C=O) groups excluding carboxylic acids is 3. The number of nitrogens with two attached hydrogens (primary N) is 3. The number of carboxylic acid groups (broad SMARTS) is 1. The molecule has 0 heterocycles. The van der Waals surface area contributed by atoms with Crippen molar-refractivity contribution in [2.75, 3.05) is 18.6 Å². The molecule has 0 spiro atoms. The number of aliphatic imine (C=N–C) groups is 1. The predicted octanol–water partition coefficient (Wildman–Crippen LogP) is -3.58. The molecule has 34 heavy (non-hydrogen) atoms. The fraction of sp³-hybridized carbons (Fsp3) is 0.737. The second-order valence-electron chi connectivity index (χ2n) is 7.68. The van der Waals surface area contributed by atoms with Gasteiger partial charge in [-0.1, -0.05) is 0 Å². The number of aliphatic hydroxyl groups excluding tert-OH is 2. The van der Waals surface area contributed by atoms with E-state index in [1.165, 1.54) is 25.6 Å². The van der Waals surface area contributed by atoms with Gasteiger partial charge in [0.2, 0.25) is 17.7 Å². The Labute approximate surface area is 202 Å². The van der Waals surface area contributed by atoms with Crippen molar-refractivity contribution in [2.24, 2.45) is 22.2 Å². The van der Waals surface area contributed by atoms with Crippen LogP contribution in [0.1, 0.15) is 33.1 Å². The van der Waals surface area contributed by atoms with E-state index in [1.54, 1.807) is 6.26 Å². The lowest BCUT2D eigenvalue weighted by Crippen LogP contribution is -2.60. The Balaban J connectivity index is 5.53. The van der Waals surface area contributed by atoms with Crippen molar-refractivity contribution in [1.82, 2.24) is 16.0 Å². The molecule has 0 aliphatic heterocycles. The van der Waals surface area contributed by atoms with Gasteiger partial charge in [0.15, 0.2) is 5.96 Å². The van der Waals surface area contributed by atoms with Crippen LogP contribution in [0.2, 0.25) is 0 Å². The molecular formula is C19H37N7O7S. The van der Waals surface area contributed by atoms with Crippen LogP contribution in [0.15, 0.2) is 4.99 Å². The molecule has 0 rings (SSSR count). The van der Waals surface area contributed by atoms with Gasteiger partial charge in [-0.05, 0) is 45.1 Å². The van der Waals surface area contributed by atoms with E-state index in [9.17, 15) is 34.5 Å². The van der Waals surface area contributed by atoms with Gasteiger partial charge < -0.3 is 48.5 Å². The third kappa shape index (κ3) is 12.0. The lowest BCUT2D eigenvalue weighted by molar-refractivity contribution is -0.142. The van der Waals surface area contributed by atoms with Gasteiger partial charge in [0.05, 0.1) is 12.2 Å². The Kier molecular flexibility index (Phi) is 14.8. The average Bonchev–Trinajstić information content (AvgIpc) is 2.74. The van der Waals surface area contributed by atoms with Gasteiger partial charge in [0, 0.05) is 6.54 Å². The Bertz CT molecular complexity index is 717. The van der Waals surface area contributed by atoms with Crippen molar-refractivity contribution >= 4 is 41.4 Å². The molecule has 0 saturated carbocycles. The first kappa shape index (κ1) is 31.4. The zero-order valence-corrected chi connectivity index (χ0v) is 20.4. The van der Waals surface area contributed by atoms with Gasteiger partial charge in [-0.3, -0.25) is 19.4 Å². The molecule has 14 nitrogen and oxygen atoms in total. The highest BCUT2D eigenvalue weighted by atomic mass is 32.2. The van der Waals surface area contributed by atoms with Crippen molar-refractivity contribution in [3.63, 3.8) is 0 Å². The van der Waals surface area contributed by atoms with Crippen molar-refractivity contribution in [3.05, 3.63) is 0 Å². The number of nitrogens with one attached hydrogen (secondary N) is 3. The Morgan fingerprint density at radius 1 is 0.912 bits per heavy atom. The molecule has 0 aromatic heterocycles. The molecule has 0 saturated heterocycles. The molecule has 0 aromatic carbocycles. The SMILES string of the molecule is CSCCC(NC(=O)C(CCCN=C(N)N)NC(=O)C(NC(=O)C(N)C(C)O)C(C)O)C(=O)O. The molecule has 0 bridgehead atoms. The van der Waals surface area contributed by atoms with Crippen LogP contribution in [0.25, 0.3) is 0 Å². The number of hydrogen-bond acceptors (Lipinski definition) is 9. The van der Waals surface area contributed by atoms with Crippen LogP contribution in [0.4, 0.5) is 0 Å². The Hall–Kier alpha value is -2.62. The second-order valence-corrected chi connectivity index (χ2v) is 8.67. The zero-order chi connectivity index (χ0) is 26.4. The third-order valence-corrected chi connectivity index (χ3v) is 5.33. The summed E-state index contributed by atoms with van der Waals surface area (Å²) in [5.74, 6) is -3.44. The topological polar surface area (TPSA) is 255 Å². The van der Waals surface area contributed by atoms with E-state index < -0.39 is 60.1 Å². The smallest absolute Gasteiger partial charge is 0.326 e. The molecule has 3 amide bonds. The van der Waals surface area contributed by atoms with E-state index in [-0.39, 0.29) is 31.8 Å². The minimum absolute atomic E-state index is 0.0386. The van der Waals surface area contributed by atoms with Crippen molar-refractivity contribution < 1.29 is 34.5 Å². The normalized spacial score (nSPS) is 16.2. The van der Waals surface area contributed by atoms with Crippen LogP contribution in [0.3, 0.4) is 0 Å². The number of guanidine groups is 1. The number of nitrogens with zero attached hydrogens (tertiary/aromatic N) is 1. The molecule has 15 heteroatoms. The Morgan fingerprint density at radius 2 is 1.50 bits per heavy atom. The summed E-state index contributed by atoms with van der Waals surface area (Å²) in [5.41, 5.74) is 16.1. The lowest BCUT2D eigenvalue weighted by atomic mass is 10.1. The minimum Gasteiger partial charge on any atom is -0.480 e. The van der Waals surface area contributed by atoms with Crippen LogP contribution in [-0.4, -0.2) is 99.9 Å². The maximum atomic E-state index is 12.8. The molecule has 0 aromatic rings. The number of aliphatic hydroxyl groups is 2. The van der Waals surface area contributed by atoms with Crippen LogP contribution in [0.5, 0.6) is 0 Å². The van der Waals surface area contributed by atoms with Gasteiger partial charge in [-0.15, -0.1) is 0 Å². The average molecular weight is 508 g/mol. The van der Waals surface area contributed by atoms with Crippen molar-refractivity contribution in [1.29, 1.82) is 0 Å². The summed E-state index contributed by atoms with van der Waals surface area (Å²) in [5, 5.41) is 35.9. The van der Waals surface area contributed by atoms with E-state index in [0.717, 1.165) is 0 Å². The summed E-state index contributed by atoms with van der Waals surface area (Å²) < 4.78 is 0.